The molecule has 0 aliphatic heterocycles. The van der Waals surface area contributed by atoms with E-state index < -0.39 is 0 Å². The first-order valence-corrected chi connectivity index (χ1v) is 7.60. The Hall–Kier alpha value is -3.21. The Morgan fingerprint density at radius 3 is 2.62 bits per heavy atom. The summed E-state index contributed by atoms with van der Waals surface area (Å²) in [5.41, 5.74) is 1.91. The average Bonchev–Trinajstić information content (AvgIpc) is 3.10. The number of hydrogen-bond donors (Lipinski definition) is 1. The summed E-state index contributed by atoms with van der Waals surface area (Å²) < 4.78 is 5.67. The summed E-state index contributed by atoms with van der Waals surface area (Å²) in [7, 11) is 0. The zero-order chi connectivity index (χ0) is 16.8. The molecule has 3 aromatic rings. The second-order valence-electron chi connectivity index (χ2n) is 5.24. The monoisotopic (exact) mass is 320 g/mol. The van der Waals surface area contributed by atoms with Crippen LogP contribution >= 0.6 is 0 Å². The van der Waals surface area contributed by atoms with Crippen LogP contribution in [0.15, 0.2) is 65.2 Å². The number of nitrogens with one attached hydrogen (secondary N) is 1. The molecule has 0 atom stereocenters. The Labute approximate surface area is 139 Å². The van der Waals surface area contributed by atoms with Crippen molar-refractivity contribution in [2.24, 2.45) is 0 Å². The topological polar surface area (TPSA) is 72.2 Å². The Balaban J connectivity index is 1.59. The van der Waals surface area contributed by atoms with Gasteiger partial charge < -0.3 is 9.73 Å². The lowest BCUT2D eigenvalue weighted by atomic mass is 10.2. The first-order valence-electron chi connectivity index (χ1n) is 7.60. The highest BCUT2D eigenvalue weighted by molar-refractivity contribution is 5.96. The van der Waals surface area contributed by atoms with Gasteiger partial charge in [0, 0.05) is 24.0 Å². The fraction of sp³-hybridized carbons (Fsp3) is 0.105. The molecular formula is C19H16N2O3. The predicted octanol–water partition coefficient (Wildman–Crippen LogP) is 3.73. The van der Waals surface area contributed by atoms with Crippen molar-refractivity contribution in [1.29, 1.82) is 0 Å². The first-order chi connectivity index (χ1) is 11.8. The van der Waals surface area contributed by atoms with Gasteiger partial charge in [0.2, 0.25) is 5.91 Å². The van der Waals surface area contributed by atoms with Crippen molar-refractivity contribution in [3.8, 4) is 11.3 Å². The van der Waals surface area contributed by atoms with E-state index >= 15 is 0 Å². The molecular weight excluding hydrogens is 304 g/mol. The highest BCUT2D eigenvalue weighted by Gasteiger charge is 2.10. The Bertz CT molecular complexity index is 841. The zero-order valence-corrected chi connectivity index (χ0v) is 12.9. The van der Waals surface area contributed by atoms with E-state index in [2.05, 4.69) is 10.3 Å². The molecule has 0 aliphatic carbocycles. The van der Waals surface area contributed by atoms with Crippen LogP contribution in [0.25, 0.3) is 11.3 Å². The number of aryl methyl sites for hydroxylation is 1. The maximum Gasteiger partial charge on any atom is 0.224 e. The summed E-state index contributed by atoms with van der Waals surface area (Å²) in [5.74, 6) is 0.994. The van der Waals surface area contributed by atoms with Gasteiger partial charge in [0.1, 0.15) is 0 Å². The highest BCUT2D eigenvalue weighted by Crippen LogP contribution is 2.20. The molecule has 0 unspecified atom stereocenters. The number of hydrogen-bond acceptors (Lipinski definition) is 4. The van der Waals surface area contributed by atoms with Gasteiger partial charge in [0.15, 0.2) is 17.9 Å². The summed E-state index contributed by atoms with van der Waals surface area (Å²) in [4.78, 5) is 27.2. The van der Waals surface area contributed by atoms with Gasteiger partial charge in [-0.15, -0.1) is 0 Å². The molecule has 0 saturated carbocycles. The van der Waals surface area contributed by atoms with Gasteiger partial charge in [0.05, 0.1) is 11.9 Å². The third-order valence-corrected chi connectivity index (χ3v) is 3.54. The van der Waals surface area contributed by atoms with Crippen LogP contribution in [0.5, 0.6) is 0 Å². The third-order valence-electron chi connectivity index (χ3n) is 3.54. The van der Waals surface area contributed by atoms with Crippen LogP contribution in [-0.4, -0.2) is 17.2 Å². The van der Waals surface area contributed by atoms with Crippen molar-refractivity contribution in [2.45, 2.75) is 12.8 Å². The quantitative estimate of drug-likeness (QED) is 0.703. The number of aromatic nitrogens is 1. The van der Waals surface area contributed by atoms with E-state index in [0.29, 0.717) is 29.3 Å². The number of rotatable bonds is 6. The fourth-order valence-electron chi connectivity index (χ4n) is 2.31. The SMILES string of the molecule is O=Cc1ccccc1NC(=O)CCc1ncc(-c2ccccc2)o1. The number of benzene rings is 2. The van der Waals surface area contributed by atoms with Crippen LogP contribution < -0.4 is 5.32 Å². The molecule has 1 aromatic heterocycles. The van der Waals surface area contributed by atoms with Crippen molar-refractivity contribution < 1.29 is 14.0 Å². The minimum atomic E-state index is -0.191. The van der Waals surface area contributed by atoms with Crippen molar-refractivity contribution in [2.75, 3.05) is 5.32 Å². The normalized spacial score (nSPS) is 10.3. The summed E-state index contributed by atoms with van der Waals surface area (Å²) in [5, 5.41) is 2.73. The van der Waals surface area contributed by atoms with Gasteiger partial charge in [-0.1, -0.05) is 42.5 Å². The fourth-order valence-corrected chi connectivity index (χ4v) is 2.31. The van der Waals surface area contributed by atoms with E-state index in [1.807, 2.05) is 30.3 Å². The number of amides is 1. The molecule has 5 nitrogen and oxygen atoms in total. The minimum absolute atomic E-state index is 0.191. The number of para-hydroxylation sites is 1. The number of aldehydes is 1. The lowest BCUT2D eigenvalue weighted by Gasteiger charge is -2.06. The molecule has 0 radical (unpaired) electrons. The molecule has 120 valence electrons. The molecule has 1 heterocycles. The minimum Gasteiger partial charge on any atom is -0.441 e. The van der Waals surface area contributed by atoms with Gasteiger partial charge in [0.25, 0.3) is 0 Å². The molecule has 0 spiro atoms. The van der Waals surface area contributed by atoms with Crippen LogP contribution in [0.2, 0.25) is 0 Å². The van der Waals surface area contributed by atoms with Gasteiger partial charge in [-0.05, 0) is 12.1 Å². The zero-order valence-electron chi connectivity index (χ0n) is 12.9. The van der Waals surface area contributed by atoms with E-state index in [0.717, 1.165) is 11.8 Å². The standard InChI is InChI=1S/C19H16N2O3/c22-13-15-8-4-5-9-16(15)21-18(23)10-11-19-20-12-17(24-19)14-6-2-1-3-7-14/h1-9,12-13H,10-11H2,(H,21,23). The molecule has 0 aliphatic rings. The largest absolute Gasteiger partial charge is 0.441 e. The van der Waals surface area contributed by atoms with Crippen molar-refractivity contribution >= 4 is 17.9 Å². The summed E-state index contributed by atoms with van der Waals surface area (Å²) in [6.45, 7) is 0. The third kappa shape index (κ3) is 3.76. The van der Waals surface area contributed by atoms with Gasteiger partial charge in [-0.3, -0.25) is 9.59 Å². The van der Waals surface area contributed by atoms with E-state index in [1.165, 1.54) is 0 Å². The summed E-state index contributed by atoms with van der Waals surface area (Å²) >= 11 is 0. The van der Waals surface area contributed by atoms with Crippen LogP contribution in [0.4, 0.5) is 5.69 Å². The maximum absolute atomic E-state index is 12.0. The van der Waals surface area contributed by atoms with Crippen molar-refractivity contribution in [1.82, 2.24) is 4.98 Å². The number of anilines is 1. The lowest BCUT2D eigenvalue weighted by molar-refractivity contribution is -0.116. The average molecular weight is 320 g/mol. The summed E-state index contributed by atoms with van der Waals surface area (Å²) in [6.07, 6.45) is 2.99. The van der Waals surface area contributed by atoms with Gasteiger partial charge in [-0.25, -0.2) is 4.98 Å². The number of carbonyl (C=O) groups is 2. The van der Waals surface area contributed by atoms with Crippen LogP contribution in [0.1, 0.15) is 22.7 Å². The smallest absolute Gasteiger partial charge is 0.224 e. The second kappa shape index (κ2) is 7.37. The molecule has 0 fully saturated rings. The number of oxazole rings is 1. The molecule has 2 aromatic carbocycles. The predicted molar refractivity (Wildman–Crippen MR) is 90.7 cm³/mol. The molecule has 3 rings (SSSR count). The van der Waals surface area contributed by atoms with Crippen molar-refractivity contribution in [3.05, 3.63) is 72.2 Å². The Kier molecular flexibility index (Phi) is 4.81. The van der Waals surface area contributed by atoms with Crippen LogP contribution in [0, 0.1) is 0 Å². The van der Waals surface area contributed by atoms with E-state index in [9.17, 15) is 9.59 Å². The Morgan fingerprint density at radius 1 is 1.08 bits per heavy atom. The molecule has 5 heteroatoms. The number of nitrogens with zero attached hydrogens (tertiary/aromatic N) is 1. The second-order valence-corrected chi connectivity index (χ2v) is 5.24. The number of carbonyl (C=O) groups excluding carboxylic acids is 2. The van der Waals surface area contributed by atoms with E-state index in [-0.39, 0.29) is 12.3 Å². The van der Waals surface area contributed by atoms with Gasteiger partial charge in [-0.2, -0.15) is 0 Å². The molecule has 1 amide bonds. The lowest BCUT2D eigenvalue weighted by Crippen LogP contribution is -2.13. The first kappa shape index (κ1) is 15.7. The highest BCUT2D eigenvalue weighted by atomic mass is 16.4. The maximum atomic E-state index is 12.0. The van der Waals surface area contributed by atoms with Crippen molar-refractivity contribution in [3.63, 3.8) is 0 Å². The van der Waals surface area contributed by atoms with Crippen LogP contribution in [-0.2, 0) is 11.2 Å². The molecule has 0 saturated heterocycles. The van der Waals surface area contributed by atoms with Crippen LogP contribution in [0.3, 0.4) is 0 Å². The van der Waals surface area contributed by atoms with E-state index in [4.69, 9.17) is 4.42 Å². The Morgan fingerprint density at radius 2 is 1.83 bits per heavy atom. The van der Waals surface area contributed by atoms with Gasteiger partial charge >= 0.3 is 0 Å². The summed E-state index contributed by atoms with van der Waals surface area (Å²) in [6, 6.07) is 16.5. The van der Waals surface area contributed by atoms with E-state index in [1.54, 1.807) is 30.5 Å². The molecule has 24 heavy (non-hydrogen) atoms. The molecule has 0 bridgehead atoms. The molecule has 1 N–H and O–H groups in total.